The highest BCUT2D eigenvalue weighted by Gasteiger charge is 2.22. The molecule has 0 aromatic carbocycles. The molecule has 1 unspecified atom stereocenters. The van der Waals surface area contributed by atoms with E-state index < -0.39 is 0 Å². The van der Waals surface area contributed by atoms with Gasteiger partial charge in [-0.25, -0.2) is 15.8 Å². The van der Waals surface area contributed by atoms with E-state index >= 15 is 0 Å². The Hall–Kier alpha value is -1.36. The van der Waals surface area contributed by atoms with Crippen LogP contribution >= 0.6 is 0 Å². The molecule has 118 valence electrons. The molecule has 0 aliphatic carbocycles. The molecule has 1 aromatic rings. The maximum Gasteiger partial charge on any atom is 0.145 e. The monoisotopic (exact) mass is 291 g/mol. The third-order valence-corrected chi connectivity index (χ3v) is 4.28. The Morgan fingerprint density at radius 3 is 2.67 bits per heavy atom. The Labute approximate surface area is 128 Å². The zero-order chi connectivity index (χ0) is 15.5. The predicted molar refractivity (Wildman–Crippen MR) is 88.4 cm³/mol. The molecule has 0 bridgehead atoms. The molecule has 0 radical (unpaired) electrons. The van der Waals surface area contributed by atoms with Gasteiger partial charge in [0.05, 0.1) is 0 Å². The minimum atomic E-state index is -0.0839. The van der Waals surface area contributed by atoms with Gasteiger partial charge in [-0.1, -0.05) is 34.1 Å². The topological polar surface area (TPSA) is 67.1 Å². The summed E-state index contributed by atoms with van der Waals surface area (Å²) in [6.45, 7) is 10.8. The van der Waals surface area contributed by atoms with Crippen LogP contribution in [0.4, 0.5) is 11.6 Å². The Morgan fingerprint density at radius 2 is 2.05 bits per heavy atom. The zero-order valence-corrected chi connectivity index (χ0v) is 13.8. The van der Waals surface area contributed by atoms with Crippen molar-refractivity contribution < 1.29 is 0 Å². The van der Waals surface area contributed by atoms with Gasteiger partial charge in [0.25, 0.3) is 0 Å². The Balaban J connectivity index is 2.26. The van der Waals surface area contributed by atoms with Gasteiger partial charge in [-0.15, -0.1) is 0 Å². The Morgan fingerprint density at radius 1 is 1.29 bits per heavy atom. The Kier molecular flexibility index (Phi) is 5.04. The number of nitrogens with one attached hydrogen (secondary N) is 1. The van der Waals surface area contributed by atoms with E-state index in [0.717, 1.165) is 30.6 Å². The van der Waals surface area contributed by atoms with Gasteiger partial charge < -0.3 is 10.3 Å². The first kappa shape index (κ1) is 16.0. The van der Waals surface area contributed by atoms with Gasteiger partial charge >= 0.3 is 0 Å². The quantitative estimate of drug-likeness (QED) is 0.662. The van der Waals surface area contributed by atoms with Gasteiger partial charge in [0.15, 0.2) is 0 Å². The smallest absolute Gasteiger partial charge is 0.145 e. The number of nitrogen functional groups attached to an aromatic ring is 1. The van der Waals surface area contributed by atoms with Crippen molar-refractivity contribution >= 4 is 11.6 Å². The van der Waals surface area contributed by atoms with E-state index in [0.29, 0.717) is 5.82 Å². The fourth-order valence-electron chi connectivity index (χ4n) is 2.81. The number of anilines is 2. The largest absolute Gasteiger partial charge is 0.356 e. The first-order valence-electron chi connectivity index (χ1n) is 8.05. The lowest BCUT2D eigenvalue weighted by Gasteiger charge is -2.25. The van der Waals surface area contributed by atoms with Crippen molar-refractivity contribution in [2.24, 2.45) is 11.8 Å². The van der Waals surface area contributed by atoms with E-state index in [-0.39, 0.29) is 5.41 Å². The van der Waals surface area contributed by atoms with Crippen LogP contribution in [-0.2, 0) is 5.41 Å². The molecule has 1 atom stereocenters. The van der Waals surface area contributed by atoms with Crippen LogP contribution in [0.25, 0.3) is 0 Å². The molecule has 2 rings (SSSR count). The third kappa shape index (κ3) is 4.06. The lowest BCUT2D eigenvalue weighted by atomic mass is 9.96. The molecule has 3 N–H and O–H groups in total. The number of aromatic nitrogens is 2. The SMILES string of the molecule is CCC1CCCN(c2cc(NN)nc(C(C)(C)C)n2)CC1. The summed E-state index contributed by atoms with van der Waals surface area (Å²) in [5.41, 5.74) is 2.59. The highest BCUT2D eigenvalue weighted by molar-refractivity contribution is 5.49. The average molecular weight is 291 g/mol. The van der Waals surface area contributed by atoms with E-state index in [1.165, 1.54) is 25.7 Å². The second-order valence-corrected chi connectivity index (χ2v) is 7.02. The minimum Gasteiger partial charge on any atom is -0.356 e. The van der Waals surface area contributed by atoms with E-state index in [4.69, 9.17) is 10.8 Å². The van der Waals surface area contributed by atoms with Crippen LogP contribution in [0.5, 0.6) is 0 Å². The number of nitrogens with zero attached hydrogens (tertiary/aromatic N) is 3. The second kappa shape index (κ2) is 6.60. The van der Waals surface area contributed by atoms with E-state index in [2.05, 4.69) is 43.0 Å². The molecule has 21 heavy (non-hydrogen) atoms. The first-order chi connectivity index (χ1) is 9.94. The van der Waals surface area contributed by atoms with Gasteiger partial charge in [0.2, 0.25) is 0 Å². The van der Waals surface area contributed by atoms with Crippen LogP contribution in [0.3, 0.4) is 0 Å². The van der Waals surface area contributed by atoms with Gasteiger partial charge in [-0.2, -0.15) is 0 Å². The maximum absolute atomic E-state index is 5.58. The number of hydrogen-bond acceptors (Lipinski definition) is 5. The standard InChI is InChI=1S/C16H29N5/c1-5-12-7-6-9-21(10-8-12)14-11-13(20-17)18-15(19-14)16(2,3)4/h11-12H,5-10,17H2,1-4H3,(H,18,19,20). The summed E-state index contributed by atoms with van der Waals surface area (Å²) in [5.74, 6) is 8.96. The number of hydrazine groups is 1. The molecule has 0 spiro atoms. The van der Waals surface area contributed by atoms with Gasteiger partial charge in [-0.3, -0.25) is 0 Å². The van der Waals surface area contributed by atoms with Crippen LogP contribution in [-0.4, -0.2) is 23.1 Å². The molecule has 0 amide bonds. The minimum absolute atomic E-state index is 0.0839. The fraction of sp³-hybridized carbons (Fsp3) is 0.750. The molecule has 5 nitrogen and oxygen atoms in total. The lowest BCUT2D eigenvalue weighted by molar-refractivity contribution is 0.459. The highest BCUT2D eigenvalue weighted by atomic mass is 15.3. The van der Waals surface area contributed by atoms with Crippen LogP contribution in [0.2, 0.25) is 0 Å². The summed E-state index contributed by atoms with van der Waals surface area (Å²) in [6.07, 6.45) is 5.09. The zero-order valence-electron chi connectivity index (χ0n) is 13.8. The number of hydrogen-bond donors (Lipinski definition) is 2. The fourth-order valence-corrected chi connectivity index (χ4v) is 2.81. The van der Waals surface area contributed by atoms with Gasteiger partial charge in [-0.05, 0) is 25.2 Å². The highest BCUT2D eigenvalue weighted by Crippen LogP contribution is 2.27. The van der Waals surface area contributed by atoms with Crippen LogP contribution in [0, 0.1) is 5.92 Å². The van der Waals surface area contributed by atoms with Gasteiger partial charge in [0.1, 0.15) is 17.5 Å². The van der Waals surface area contributed by atoms with Crippen molar-refractivity contribution in [3.63, 3.8) is 0 Å². The van der Waals surface area contributed by atoms with Crippen molar-refractivity contribution in [1.82, 2.24) is 9.97 Å². The number of nitrogens with two attached hydrogens (primary N) is 1. The van der Waals surface area contributed by atoms with Crippen molar-refractivity contribution in [3.05, 3.63) is 11.9 Å². The van der Waals surface area contributed by atoms with Crippen molar-refractivity contribution in [3.8, 4) is 0 Å². The second-order valence-electron chi connectivity index (χ2n) is 7.02. The van der Waals surface area contributed by atoms with Crippen molar-refractivity contribution in [2.75, 3.05) is 23.4 Å². The first-order valence-corrected chi connectivity index (χ1v) is 8.05. The summed E-state index contributed by atoms with van der Waals surface area (Å²) < 4.78 is 0. The van der Waals surface area contributed by atoms with E-state index in [1.54, 1.807) is 0 Å². The molecule has 2 heterocycles. The van der Waals surface area contributed by atoms with Crippen LogP contribution < -0.4 is 16.2 Å². The van der Waals surface area contributed by atoms with E-state index in [1.807, 2.05) is 6.07 Å². The lowest BCUT2D eigenvalue weighted by Crippen LogP contribution is -2.28. The normalized spacial score (nSPS) is 20.2. The number of rotatable bonds is 3. The molecule has 1 aromatic heterocycles. The van der Waals surface area contributed by atoms with E-state index in [9.17, 15) is 0 Å². The Bertz CT molecular complexity index is 466. The predicted octanol–water partition coefficient (Wildman–Crippen LogP) is 3.08. The molecule has 1 fully saturated rings. The molecule has 1 aliphatic heterocycles. The molecule has 5 heteroatoms. The van der Waals surface area contributed by atoms with Crippen LogP contribution in [0.1, 0.15) is 59.2 Å². The summed E-state index contributed by atoms with van der Waals surface area (Å²) >= 11 is 0. The summed E-state index contributed by atoms with van der Waals surface area (Å²) in [4.78, 5) is 11.7. The summed E-state index contributed by atoms with van der Waals surface area (Å²) in [6, 6.07) is 1.96. The molecular weight excluding hydrogens is 262 g/mol. The molecular formula is C16H29N5. The van der Waals surface area contributed by atoms with Crippen molar-refractivity contribution in [1.29, 1.82) is 0 Å². The van der Waals surface area contributed by atoms with Crippen molar-refractivity contribution in [2.45, 2.75) is 58.8 Å². The maximum atomic E-state index is 5.58. The average Bonchev–Trinajstić information content (AvgIpc) is 2.71. The molecule has 1 aliphatic rings. The molecule has 0 saturated carbocycles. The third-order valence-electron chi connectivity index (χ3n) is 4.28. The van der Waals surface area contributed by atoms with Crippen LogP contribution in [0.15, 0.2) is 6.07 Å². The summed E-state index contributed by atoms with van der Waals surface area (Å²) in [7, 11) is 0. The molecule has 1 saturated heterocycles. The summed E-state index contributed by atoms with van der Waals surface area (Å²) in [5, 5.41) is 0. The van der Waals surface area contributed by atoms with Gasteiger partial charge in [0, 0.05) is 24.6 Å².